The average molecular weight is 208 g/mol. The lowest BCUT2D eigenvalue weighted by molar-refractivity contribution is -0.121. The van der Waals surface area contributed by atoms with Crippen LogP contribution in [-0.2, 0) is 4.79 Å². The van der Waals surface area contributed by atoms with Gasteiger partial charge in [-0.25, -0.2) is 0 Å². The fourth-order valence-corrected chi connectivity index (χ4v) is 1.07. The van der Waals surface area contributed by atoms with Gasteiger partial charge in [-0.15, -0.1) is 0 Å². The summed E-state index contributed by atoms with van der Waals surface area (Å²) in [4.78, 5) is 11.1. The van der Waals surface area contributed by atoms with Gasteiger partial charge in [0, 0.05) is 5.69 Å². The van der Waals surface area contributed by atoms with E-state index in [2.05, 4.69) is 5.32 Å². The largest absolute Gasteiger partial charge is 0.397 e. The quantitative estimate of drug-likeness (QED) is 0.543. The van der Waals surface area contributed by atoms with Crippen molar-refractivity contribution in [3.63, 3.8) is 0 Å². The molecule has 0 aliphatic rings. The van der Waals surface area contributed by atoms with Crippen molar-refractivity contribution >= 4 is 23.0 Å². The lowest BCUT2D eigenvalue weighted by Crippen LogP contribution is -2.45. The third-order valence-electron chi connectivity index (χ3n) is 2.16. The molecule has 0 aliphatic carbocycles. The van der Waals surface area contributed by atoms with Crippen molar-refractivity contribution in [2.24, 2.45) is 5.73 Å². The minimum atomic E-state index is -0.817. The summed E-state index contributed by atoms with van der Waals surface area (Å²) in [5.41, 5.74) is 17.3. The Bertz CT molecular complexity index is 387. The Balaban J connectivity index is 2.91. The lowest BCUT2D eigenvalue weighted by atomic mass is 10.0. The summed E-state index contributed by atoms with van der Waals surface area (Å²) < 4.78 is 0. The third-order valence-corrected chi connectivity index (χ3v) is 2.16. The van der Waals surface area contributed by atoms with Gasteiger partial charge in [-0.3, -0.25) is 4.79 Å². The molecule has 0 unspecified atom stereocenters. The summed E-state index contributed by atoms with van der Waals surface area (Å²) in [5.74, 6) is -0.433. The monoisotopic (exact) mass is 208 g/mol. The van der Waals surface area contributed by atoms with Crippen LogP contribution in [0.25, 0.3) is 0 Å². The van der Waals surface area contributed by atoms with Crippen molar-refractivity contribution in [3.8, 4) is 0 Å². The fraction of sp³-hybridized carbons (Fsp3) is 0.300. The van der Waals surface area contributed by atoms with E-state index < -0.39 is 11.4 Å². The van der Waals surface area contributed by atoms with E-state index in [1.807, 2.05) is 0 Å². The maximum Gasteiger partial charge on any atom is 0.242 e. The molecule has 0 heterocycles. The first-order valence-corrected chi connectivity index (χ1v) is 4.56. The molecule has 0 saturated heterocycles. The zero-order chi connectivity index (χ0) is 11.6. The SMILES string of the molecule is CC(C)(Nc1ccc(N)c(N)c1)C(N)=O. The number of anilines is 3. The van der Waals surface area contributed by atoms with Gasteiger partial charge in [-0.1, -0.05) is 0 Å². The minimum absolute atomic E-state index is 0.433. The van der Waals surface area contributed by atoms with Crippen LogP contribution in [-0.4, -0.2) is 11.4 Å². The van der Waals surface area contributed by atoms with E-state index in [1.165, 1.54) is 0 Å². The van der Waals surface area contributed by atoms with E-state index in [9.17, 15) is 4.79 Å². The van der Waals surface area contributed by atoms with Gasteiger partial charge in [-0.2, -0.15) is 0 Å². The molecule has 0 radical (unpaired) electrons. The number of primary amides is 1. The topological polar surface area (TPSA) is 107 Å². The van der Waals surface area contributed by atoms with Crippen LogP contribution in [0.3, 0.4) is 0 Å². The smallest absolute Gasteiger partial charge is 0.242 e. The van der Waals surface area contributed by atoms with E-state index in [4.69, 9.17) is 17.2 Å². The van der Waals surface area contributed by atoms with Gasteiger partial charge >= 0.3 is 0 Å². The maximum absolute atomic E-state index is 11.1. The van der Waals surface area contributed by atoms with E-state index >= 15 is 0 Å². The maximum atomic E-state index is 11.1. The van der Waals surface area contributed by atoms with Crippen molar-refractivity contribution < 1.29 is 4.79 Å². The molecule has 1 aromatic carbocycles. The standard InChI is InChI=1S/C10H16N4O/c1-10(2,9(13)15)14-6-3-4-7(11)8(12)5-6/h3-5,14H,11-12H2,1-2H3,(H2,13,15). The van der Waals surface area contributed by atoms with Gasteiger partial charge in [0.25, 0.3) is 0 Å². The Morgan fingerprint density at radius 3 is 2.33 bits per heavy atom. The number of nitrogens with two attached hydrogens (primary N) is 3. The molecule has 0 bridgehead atoms. The Labute approximate surface area is 88.6 Å². The molecule has 82 valence electrons. The second-order valence-corrected chi connectivity index (χ2v) is 3.96. The zero-order valence-electron chi connectivity index (χ0n) is 8.87. The first-order chi connectivity index (χ1) is 6.83. The lowest BCUT2D eigenvalue weighted by Gasteiger charge is -2.23. The van der Waals surface area contributed by atoms with E-state index in [1.54, 1.807) is 32.0 Å². The molecule has 0 atom stereocenters. The number of benzene rings is 1. The normalized spacial score (nSPS) is 11.1. The Kier molecular flexibility index (Phi) is 2.74. The van der Waals surface area contributed by atoms with Crippen LogP contribution in [0.4, 0.5) is 17.1 Å². The molecule has 0 fully saturated rings. The highest BCUT2D eigenvalue weighted by atomic mass is 16.1. The zero-order valence-corrected chi connectivity index (χ0v) is 8.87. The summed E-state index contributed by atoms with van der Waals surface area (Å²) in [6, 6.07) is 5.09. The molecule has 0 saturated carbocycles. The van der Waals surface area contributed by atoms with E-state index in [-0.39, 0.29) is 0 Å². The molecule has 0 aliphatic heterocycles. The molecule has 0 aromatic heterocycles. The number of carbonyl (C=O) groups is 1. The Morgan fingerprint density at radius 2 is 1.87 bits per heavy atom. The van der Waals surface area contributed by atoms with Crippen LogP contribution in [0.2, 0.25) is 0 Å². The molecular weight excluding hydrogens is 192 g/mol. The van der Waals surface area contributed by atoms with Gasteiger partial charge in [-0.05, 0) is 32.0 Å². The van der Waals surface area contributed by atoms with Crippen molar-refractivity contribution in [2.45, 2.75) is 19.4 Å². The number of nitrogen functional groups attached to an aromatic ring is 2. The second-order valence-electron chi connectivity index (χ2n) is 3.96. The fourth-order valence-electron chi connectivity index (χ4n) is 1.07. The molecule has 0 spiro atoms. The van der Waals surface area contributed by atoms with Gasteiger partial charge in [0.1, 0.15) is 5.54 Å². The summed E-state index contributed by atoms with van der Waals surface area (Å²) in [6.45, 7) is 3.39. The van der Waals surface area contributed by atoms with E-state index in [0.29, 0.717) is 17.1 Å². The summed E-state index contributed by atoms with van der Waals surface area (Å²) in [6.07, 6.45) is 0. The van der Waals surface area contributed by atoms with Crippen LogP contribution < -0.4 is 22.5 Å². The molecular formula is C10H16N4O. The van der Waals surface area contributed by atoms with Crippen LogP contribution in [0.1, 0.15) is 13.8 Å². The van der Waals surface area contributed by atoms with Gasteiger partial charge in [0.05, 0.1) is 11.4 Å². The number of carbonyl (C=O) groups excluding carboxylic acids is 1. The number of amides is 1. The van der Waals surface area contributed by atoms with Crippen molar-refractivity contribution in [1.82, 2.24) is 0 Å². The van der Waals surface area contributed by atoms with Crippen molar-refractivity contribution in [3.05, 3.63) is 18.2 Å². The van der Waals surface area contributed by atoms with Crippen molar-refractivity contribution in [1.29, 1.82) is 0 Å². The number of hydrogen-bond acceptors (Lipinski definition) is 4. The van der Waals surface area contributed by atoms with Crippen LogP contribution >= 0.6 is 0 Å². The molecule has 5 nitrogen and oxygen atoms in total. The summed E-state index contributed by atoms with van der Waals surface area (Å²) >= 11 is 0. The molecule has 7 N–H and O–H groups in total. The number of hydrogen-bond donors (Lipinski definition) is 4. The Hall–Kier alpha value is -1.91. The highest BCUT2D eigenvalue weighted by Gasteiger charge is 2.24. The summed E-state index contributed by atoms with van der Waals surface area (Å²) in [5, 5.41) is 2.98. The molecule has 1 aromatic rings. The molecule has 1 amide bonds. The molecule has 1 rings (SSSR count). The molecule has 15 heavy (non-hydrogen) atoms. The second kappa shape index (κ2) is 3.68. The first-order valence-electron chi connectivity index (χ1n) is 4.56. The van der Waals surface area contributed by atoms with Gasteiger partial charge in [0.15, 0.2) is 0 Å². The van der Waals surface area contributed by atoms with Crippen molar-refractivity contribution in [2.75, 3.05) is 16.8 Å². The van der Waals surface area contributed by atoms with Gasteiger partial charge < -0.3 is 22.5 Å². The first kappa shape index (κ1) is 11.2. The molecule has 5 heteroatoms. The minimum Gasteiger partial charge on any atom is -0.397 e. The van der Waals surface area contributed by atoms with E-state index in [0.717, 1.165) is 0 Å². The number of nitrogens with one attached hydrogen (secondary N) is 1. The number of rotatable bonds is 3. The summed E-state index contributed by atoms with van der Waals surface area (Å²) in [7, 11) is 0. The van der Waals surface area contributed by atoms with Gasteiger partial charge in [0.2, 0.25) is 5.91 Å². The third kappa shape index (κ3) is 2.52. The Morgan fingerprint density at radius 1 is 1.27 bits per heavy atom. The average Bonchev–Trinajstić information content (AvgIpc) is 2.10. The van der Waals surface area contributed by atoms with Crippen LogP contribution in [0.5, 0.6) is 0 Å². The predicted octanol–water partition coefficient (Wildman–Crippen LogP) is 0.527. The highest BCUT2D eigenvalue weighted by molar-refractivity contribution is 5.87. The highest BCUT2D eigenvalue weighted by Crippen LogP contribution is 2.22. The van der Waals surface area contributed by atoms with Crippen LogP contribution in [0, 0.1) is 0 Å². The predicted molar refractivity (Wildman–Crippen MR) is 62.2 cm³/mol. The van der Waals surface area contributed by atoms with Crippen LogP contribution in [0.15, 0.2) is 18.2 Å².